The summed E-state index contributed by atoms with van der Waals surface area (Å²) in [6.07, 6.45) is 6.40. The predicted molar refractivity (Wildman–Crippen MR) is 61.1 cm³/mol. The molecule has 0 fully saturated rings. The summed E-state index contributed by atoms with van der Waals surface area (Å²) < 4.78 is 13.0. The van der Waals surface area contributed by atoms with E-state index in [1.165, 1.54) is 18.9 Å². The van der Waals surface area contributed by atoms with Crippen molar-refractivity contribution in [1.82, 2.24) is 0 Å². The van der Waals surface area contributed by atoms with Gasteiger partial charge in [0.2, 0.25) is 0 Å². The Morgan fingerprint density at radius 3 is 3.00 bits per heavy atom. The number of nitrogens with zero attached hydrogens (tertiary/aromatic N) is 1. The number of rotatable bonds is 1. The molecule has 2 rings (SSSR count). The first-order chi connectivity index (χ1) is 7.27. The maximum absolute atomic E-state index is 13.0. The Morgan fingerprint density at radius 1 is 1.33 bits per heavy atom. The molecule has 15 heavy (non-hydrogen) atoms. The summed E-state index contributed by atoms with van der Waals surface area (Å²) in [4.78, 5) is 4.46. The Kier molecular flexibility index (Phi) is 3.37. The first-order valence-electron chi connectivity index (χ1n) is 5.24. The van der Waals surface area contributed by atoms with Gasteiger partial charge >= 0.3 is 0 Å². The number of hydrogen-bond acceptors (Lipinski definition) is 1. The second kappa shape index (κ2) is 4.75. The van der Waals surface area contributed by atoms with Crippen LogP contribution >= 0.6 is 11.6 Å². The first-order valence-corrected chi connectivity index (χ1v) is 5.62. The molecule has 1 nitrogen and oxygen atoms in total. The van der Waals surface area contributed by atoms with Crippen molar-refractivity contribution in [2.45, 2.75) is 31.7 Å². The molecule has 1 heterocycles. The predicted octanol–water partition coefficient (Wildman–Crippen LogP) is 4.17. The zero-order chi connectivity index (χ0) is 10.7. The van der Waals surface area contributed by atoms with Crippen molar-refractivity contribution >= 4 is 17.8 Å². The number of halogens is 2. The van der Waals surface area contributed by atoms with E-state index in [0.29, 0.717) is 0 Å². The summed E-state index contributed by atoms with van der Waals surface area (Å²) in [6, 6.07) is 5.03. The second-order valence-electron chi connectivity index (χ2n) is 3.81. The summed E-state index contributed by atoms with van der Waals surface area (Å²) in [7, 11) is 0. The molecule has 0 bridgehead atoms. The van der Waals surface area contributed by atoms with Gasteiger partial charge in [0.05, 0.1) is 11.1 Å². The highest BCUT2D eigenvalue weighted by atomic mass is 35.5. The van der Waals surface area contributed by atoms with Crippen LogP contribution < -0.4 is 0 Å². The molecule has 0 saturated carbocycles. The minimum Gasteiger partial charge on any atom is -0.289 e. The van der Waals surface area contributed by atoms with Gasteiger partial charge in [0, 0.05) is 0 Å². The van der Waals surface area contributed by atoms with Crippen molar-refractivity contribution in [3.63, 3.8) is 0 Å². The number of aliphatic imine (C=N–C) groups is 1. The Hall–Kier alpha value is -0.890. The molecule has 0 spiro atoms. The molecule has 80 valence electrons. The Bertz CT molecular complexity index is 376. The average molecular weight is 226 g/mol. The van der Waals surface area contributed by atoms with Crippen molar-refractivity contribution in [3.05, 3.63) is 34.6 Å². The molecular formula is C12H13ClFN. The first kappa shape index (κ1) is 10.6. The lowest BCUT2D eigenvalue weighted by Gasteiger charge is -2.11. The molecule has 0 radical (unpaired) electrons. The maximum Gasteiger partial charge on any atom is 0.141 e. The molecule has 1 atom stereocenters. The highest BCUT2D eigenvalue weighted by Crippen LogP contribution is 2.28. The highest BCUT2D eigenvalue weighted by molar-refractivity contribution is 6.30. The van der Waals surface area contributed by atoms with Crippen LogP contribution in [0.2, 0.25) is 5.02 Å². The van der Waals surface area contributed by atoms with E-state index in [4.69, 9.17) is 11.6 Å². The third-order valence-electron chi connectivity index (χ3n) is 2.67. The molecule has 3 heteroatoms. The molecule has 0 aliphatic carbocycles. The van der Waals surface area contributed by atoms with Crippen molar-refractivity contribution in [1.29, 1.82) is 0 Å². The fraction of sp³-hybridized carbons (Fsp3) is 0.417. The summed E-state index contributed by atoms with van der Waals surface area (Å²) >= 11 is 5.75. The summed E-state index contributed by atoms with van der Waals surface area (Å²) in [5.74, 6) is -0.363. The van der Waals surface area contributed by atoms with Crippen LogP contribution in [0, 0.1) is 5.82 Å². The second-order valence-corrected chi connectivity index (χ2v) is 4.21. The van der Waals surface area contributed by atoms with Crippen molar-refractivity contribution in [2.75, 3.05) is 0 Å². The fourth-order valence-corrected chi connectivity index (χ4v) is 2.01. The SMILES string of the molecule is Fc1ccc(C2CCCCC=N2)cc1Cl. The van der Waals surface area contributed by atoms with Crippen LogP contribution in [0.25, 0.3) is 0 Å². The summed E-state index contributed by atoms with van der Waals surface area (Å²) in [5, 5.41) is 0.187. The van der Waals surface area contributed by atoms with Crippen molar-refractivity contribution in [2.24, 2.45) is 4.99 Å². The Morgan fingerprint density at radius 2 is 2.20 bits per heavy atom. The lowest BCUT2D eigenvalue weighted by Crippen LogP contribution is -1.95. The molecule has 0 N–H and O–H groups in total. The highest BCUT2D eigenvalue weighted by Gasteiger charge is 2.12. The summed E-state index contributed by atoms with van der Waals surface area (Å²) in [5.41, 5.74) is 1.01. The third-order valence-corrected chi connectivity index (χ3v) is 2.96. The smallest absolute Gasteiger partial charge is 0.141 e. The van der Waals surface area contributed by atoms with E-state index in [9.17, 15) is 4.39 Å². The van der Waals surface area contributed by atoms with Crippen molar-refractivity contribution < 1.29 is 4.39 Å². The fourth-order valence-electron chi connectivity index (χ4n) is 1.82. The molecular weight excluding hydrogens is 213 g/mol. The Labute approximate surface area is 94.0 Å². The van der Waals surface area contributed by atoms with Gasteiger partial charge in [-0.05, 0) is 43.2 Å². The van der Waals surface area contributed by atoms with E-state index in [0.717, 1.165) is 18.4 Å². The third kappa shape index (κ3) is 2.57. The normalized spacial score (nSPS) is 21.3. The number of hydrogen-bond donors (Lipinski definition) is 0. The van der Waals surface area contributed by atoms with Gasteiger partial charge in [0.1, 0.15) is 5.82 Å². The van der Waals surface area contributed by atoms with Crippen LogP contribution in [0.1, 0.15) is 37.3 Å². The average Bonchev–Trinajstić information content (AvgIpc) is 2.50. The van der Waals surface area contributed by atoms with Gasteiger partial charge in [-0.2, -0.15) is 0 Å². The zero-order valence-corrected chi connectivity index (χ0v) is 9.17. The van der Waals surface area contributed by atoms with Crippen LogP contribution in [0.5, 0.6) is 0 Å². The van der Waals surface area contributed by atoms with Gasteiger partial charge in [-0.15, -0.1) is 0 Å². The minimum atomic E-state index is -0.363. The van der Waals surface area contributed by atoms with E-state index in [2.05, 4.69) is 4.99 Å². The molecule has 0 amide bonds. The molecule has 1 unspecified atom stereocenters. The van der Waals surface area contributed by atoms with Gasteiger partial charge in [-0.3, -0.25) is 4.99 Å². The van der Waals surface area contributed by atoms with Gasteiger partial charge in [0.15, 0.2) is 0 Å². The van der Waals surface area contributed by atoms with Crippen LogP contribution in [0.4, 0.5) is 4.39 Å². The van der Waals surface area contributed by atoms with Gasteiger partial charge in [-0.1, -0.05) is 24.1 Å². The van der Waals surface area contributed by atoms with Crippen LogP contribution in [-0.4, -0.2) is 6.21 Å². The maximum atomic E-state index is 13.0. The van der Waals surface area contributed by atoms with E-state index >= 15 is 0 Å². The molecule has 1 aliphatic heterocycles. The monoisotopic (exact) mass is 225 g/mol. The number of benzene rings is 1. The van der Waals surface area contributed by atoms with E-state index < -0.39 is 0 Å². The van der Waals surface area contributed by atoms with Crippen LogP contribution in [-0.2, 0) is 0 Å². The van der Waals surface area contributed by atoms with Gasteiger partial charge in [-0.25, -0.2) is 4.39 Å². The molecule has 1 aromatic carbocycles. The standard InChI is InChI=1S/C12H13ClFN/c13-10-8-9(5-6-11(10)14)12-4-2-1-3-7-15-12/h5-8,12H,1-4H2. The topological polar surface area (TPSA) is 12.4 Å². The van der Waals surface area contributed by atoms with Gasteiger partial charge in [0.25, 0.3) is 0 Å². The quantitative estimate of drug-likeness (QED) is 0.681. The lowest BCUT2D eigenvalue weighted by atomic mass is 10.0. The lowest BCUT2D eigenvalue weighted by molar-refractivity contribution is 0.608. The Balaban J connectivity index is 2.24. The molecule has 1 aliphatic rings. The minimum absolute atomic E-state index is 0.158. The largest absolute Gasteiger partial charge is 0.289 e. The van der Waals surface area contributed by atoms with E-state index in [1.807, 2.05) is 6.21 Å². The molecule has 0 saturated heterocycles. The summed E-state index contributed by atoms with van der Waals surface area (Å²) in [6.45, 7) is 0. The molecule has 0 aromatic heterocycles. The van der Waals surface area contributed by atoms with Crippen molar-refractivity contribution in [3.8, 4) is 0 Å². The van der Waals surface area contributed by atoms with Crippen LogP contribution in [0.15, 0.2) is 23.2 Å². The zero-order valence-electron chi connectivity index (χ0n) is 8.42. The van der Waals surface area contributed by atoms with Crippen LogP contribution in [0.3, 0.4) is 0 Å². The van der Waals surface area contributed by atoms with E-state index in [-0.39, 0.29) is 16.9 Å². The van der Waals surface area contributed by atoms with E-state index in [1.54, 1.807) is 12.1 Å². The van der Waals surface area contributed by atoms with Gasteiger partial charge < -0.3 is 0 Å². The molecule has 1 aromatic rings.